The van der Waals surface area contributed by atoms with E-state index >= 15 is 0 Å². The number of thioether (sulfide) groups is 1. The summed E-state index contributed by atoms with van der Waals surface area (Å²) in [6.07, 6.45) is 1.74. The van der Waals surface area contributed by atoms with Crippen molar-refractivity contribution in [2.24, 2.45) is 16.8 Å². The third-order valence-corrected chi connectivity index (χ3v) is 3.98. The molecular weight excluding hydrogens is 278 g/mol. The zero-order valence-corrected chi connectivity index (χ0v) is 10.6. The average molecular weight is 290 g/mol. The van der Waals surface area contributed by atoms with E-state index < -0.39 is 0 Å². The van der Waals surface area contributed by atoms with E-state index in [2.05, 4.69) is 26.1 Å². The molecular formula is C9H12BrN3OS. The Balaban J connectivity index is 2.54. The maximum Gasteiger partial charge on any atom is 0.142 e. The van der Waals surface area contributed by atoms with E-state index in [4.69, 9.17) is 10.9 Å². The van der Waals surface area contributed by atoms with Gasteiger partial charge in [-0.05, 0) is 28.1 Å². The quantitative estimate of drug-likeness (QED) is 0.293. The van der Waals surface area contributed by atoms with Gasteiger partial charge in [-0.2, -0.15) is 0 Å². The van der Waals surface area contributed by atoms with Crippen LogP contribution in [0.4, 0.5) is 0 Å². The predicted octanol–water partition coefficient (Wildman–Crippen LogP) is 2.32. The minimum atomic E-state index is 0.0221. The summed E-state index contributed by atoms with van der Waals surface area (Å²) in [7, 11) is 0. The van der Waals surface area contributed by atoms with Crippen molar-refractivity contribution in [2.45, 2.75) is 11.9 Å². The van der Waals surface area contributed by atoms with E-state index in [1.165, 1.54) is 0 Å². The van der Waals surface area contributed by atoms with Crippen molar-refractivity contribution in [1.82, 2.24) is 4.98 Å². The van der Waals surface area contributed by atoms with Gasteiger partial charge in [0.25, 0.3) is 0 Å². The standard InChI is InChI=1S/C9H12BrN3OS/c1-6(8(11)13-14)5-15-9-7(10)3-2-4-12-9/h2-4,6,14H,5H2,1H3,(H2,11,13). The molecule has 0 aliphatic rings. The monoisotopic (exact) mass is 289 g/mol. The van der Waals surface area contributed by atoms with Crippen LogP contribution in [0.25, 0.3) is 0 Å². The fraction of sp³-hybridized carbons (Fsp3) is 0.333. The van der Waals surface area contributed by atoms with Crippen molar-refractivity contribution < 1.29 is 5.21 Å². The molecule has 0 aliphatic heterocycles. The van der Waals surface area contributed by atoms with Crippen molar-refractivity contribution in [3.8, 4) is 0 Å². The van der Waals surface area contributed by atoms with Crippen molar-refractivity contribution in [1.29, 1.82) is 0 Å². The topological polar surface area (TPSA) is 71.5 Å². The van der Waals surface area contributed by atoms with Gasteiger partial charge in [-0.3, -0.25) is 0 Å². The highest BCUT2D eigenvalue weighted by molar-refractivity contribution is 9.10. The first kappa shape index (κ1) is 12.3. The summed E-state index contributed by atoms with van der Waals surface area (Å²) >= 11 is 4.98. The van der Waals surface area contributed by atoms with Gasteiger partial charge in [0.2, 0.25) is 0 Å². The number of pyridine rings is 1. The third-order valence-electron chi connectivity index (χ3n) is 1.82. The second-order valence-corrected chi connectivity index (χ2v) is 4.89. The summed E-state index contributed by atoms with van der Waals surface area (Å²) in [4.78, 5) is 4.21. The number of hydrogen-bond acceptors (Lipinski definition) is 4. The molecule has 15 heavy (non-hydrogen) atoms. The fourth-order valence-corrected chi connectivity index (χ4v) is 2.38. The molecule has 0 amide bonds. The second kappa shape index (κ2) is 5.97. The molecule has 82 valence electrons. The van der Waals surface area contributed by atoms with Gasteiger partial charge in [-0.1, -0.05) is 12.1 Å². The number of hydrogen-bond donors (Lipinski definition) is 2. The minimum absolute atomic E-state index is 0.0221. The van der Waals surface area contributed by atoms with Crippen LogP contribution in [-0.4, -0.2) is 21.8 Å². The Bertz CT molecular complexity index is 359. The highest BCUT2D eigenvalue weighted by atomic mass is 79.9. The van der Waals surface area contributed by atoms with Crippen LogP contribution in [0, 0.1) is 5.92 Å². The normalized spacial score (nSPS) is 13.9. The first-order valence-electron chi connectivity index (χ1n) is 4.36. The van der Waals surface area contributed by atoms with E-state index in [1.54, 1.807) is 18.0 Å². The summed E-state index contributed by atoms with van der Waals surface area (Å²) in [5.41, 5.74) is 5.47. The van der Waals surface area contributed by atoms with Crippen molar-refractivity contribution in [3.63, 3.8) is 0 Å². The van der Waals surface area contributed by atoms with Gasteiger partial charge in [0.1, 0.15) is 10.9 Å². The number of halogens is 1. The highest BCUT2D eigenvalue weighted by Gasteiger charge is 2.09. The maximum atomic E-state index is 8.49. The van der Waals surface area contributed by atoms with Gasteiger partial charge in [0.05, 0.1) is 0 Å². The van der Waals surface area contributed by atoms with Gasteiger partial charge >= 0.3 is 0 Å². The molecule has 0 fully saturated rings. The van der Waals surface area contributed by atoms with Gasteiger partial charge in [0, 0.05) is 22.3 Å². The molecule has 0 spiro atoms. The number of rotatable bonds is 4. The molecule has 0 saturated carbocycles. The Labute approximate surface area is 101 Å². The fourth-order valence-electron chi connectivity index (χ4n) is 0.865. The van der Waals surface area contributed by atoms with E-state index in [0.717, 1.165) is 15.3 Å². The number of oxime groups is 1. The highest BCUT2D eigenvalue weighted by Crippen LogP contribution is 2.26. The Hall–Kier alpha value is -0.750. The van der Waals surface area contributed by atoms with Gasteiger partial charge in [-0.25, -0.2) is 4.98 Å². The number of nitrogens with two attached hydrogens (primary N) is 1. The van der Waals surface area contributed by atoms with Gasteiger partial charge < -0.3 is 10.9 Å². The Morgan fingerprint density at radius 1 is 1.80 bits per heavy atom. The SMILES string of the molecule is CC(CSc1ncccc1Br)C(N)=NO. The number of aromatic nitrogens is 1. The first-order valence-corrected chi connectivity index (χ1v) is 6.13. The molecule has 1 aromatic heterocycles. The van der Waals surface area contributed by atoms with Crippen molar-refractivity contribution >= 4 is 33.5 Å². The maximum absolute atomic E-state index is 8.49. The summed E-state index contributed by atoms with van der Waals surface area (Å²) < 4.78 is 0.960. The molecule has 4 nitrogen and oxygen atoms in total. The van der Waals surface area contributed by atoms with E-state index in [9.17, 15) is 0 Å². The van der Waals surface area contributed by atoms with Gasteiger partial charge in [0.15, 0.2) is 0 Å². The van der Waals surface area contributed by atoms with E-state index in [1.807, 2.05) is 19.1 Å². The molecule has 0 aromatic carbocycles. The molecule has 1 rings (SSSR count). The van der Waals surface area contributed by atoms with Crippen molar-refractivity contribution in [3.05, 3.63) is 22.8 Å². The van der Waals surface area contributed by atoms with Crippen LogP contribution in [0.5, 0.6) is 0 Å². The molecule has 0 saturated heterocycles. The van der Waals surface area contributed by atoms with Crippen LogP contribution in [0.3, 0.4) is 0 Å². The largest absolute Gasteiger partial charge is 0.409 e. The summed E-state index contributed by atoms with van der Waals surface area (Å²) in [6, 6.07) is 3.80. The lowest BCUT2D eigenvalue weighted by atomic mass is 10.2. The number of amidine groups is 1. The molecule has 1 heterocycles. The molecule has 1 unspecified atom stereocenters. The van der Waals surface area contributed by atoms with Crippen LogP contribution in [0.2, 0.25) is 0 Å². The van der Waals surface area contributed by atoms with E-state index in [-0.39, 0.29) is 11.8 Å². The molecule has 0 aliphatic carbocycles. The lowest BCUT2D eigenvalue weighted by molar-refractivity contribution is 0.315. The lowest BCUT2D eigenvalue weighted by Crippen LogP contribution is -2.22. The average Bonchev–Trinajstić information content (AvgIpc) is 2.26. The Morgan fingerprint density at radius 2 is 2.53 bits per heavy atom. The number of nitrogens with zero attached hydrogens (tertiary/aromatic N) is 2. The molecule has 3 N–H and O–H groups in total. The minimum Gasteiger partial charge on any atom is -0.409 e. The molecule has 1 atom stereocenters. The smallest absolute Gasteiger partial charge is 0.142 e. The van der Waals surface area contributed by atoms with Crippen LogP contribution >= 0.6 is 27.7 Å². The zero-order chi connectivity index (χ0) is 11.3. The Kier molecular flexibility index (Phi) is 4.90. The third kappa shape index (κ3) is 3.71. The summed E-state index contributed by atoms with van der Waals surface area (Å²) in [6.45, 7) is 1.90. The van der Waals surface area contributed by atoms with Gasteiger partial charge in [-0.15, -0.1) is 11.8 Å². The summed E-state index contributed by atoms with van der Waals surface area (Å²) in [5.74, 6) is 0.995. The Morgan fingerprint density at radius 3 is 3.13 bits per heavy atom. The van der Waals surface area contributed by atoms with Crippen LogP contribution in [0.1, 0.15) is 6.92 Å². The van der Waals surface area contributed by atoms with Crippen LogP contribution < -0.4 is 5.73 Å². The van der Waals surface area contributed by atoms with E-state index in [0.29, 0.717) is 0 Å². The molecule has 0 bridgehead atoms. The molecule has 1 aromatic rings. The first-order chi connectivity index (χ1) is 7.15. The predicted molar refractivity (Wildman–Crippen MR) is 65.2 cm³/mol. The lowest BCUT2D eigenvalue weighted by Gasteiger charge is -2.08. The molecule has 6 heteroatoms. The van der Waals surface area contributed by atoms with Crippen LogP contribution in [-0.2, 0) is 0 Å². The second-order valence-electron chi connectivity index (χ2n) is 3.03. The zero-order valence-electron chi connectivity index (χ0n) is 8.22. The van der Waals surface area contributed by atoms with Crippen molar-refractivity contribution in [2.75, 3.05) is 5.75 Å². The molecule has 0 radical (unpaired) electrons. The van der Waals surface area contributed by atoms with Crippen LogP contribution in [0.15, 0.2) is 33.0 Å². The summed E-state index contributed by atoms with van der Waals surface area (Å²) in [5, 5.41) is 12.4.